The Morgan fingerprint density at radius 2 is 1.61 bits per heavy atom. The van der Waals surface area contributed by atoms with E-state index in [2.05, 4.69) is 50.0 Å². The molecule has 2 aromatic carbocycles. The molecule has 4 aromatic rings. The molecule has 41 heavy (non-hydrogen) atoms. The number of piperidine rings is 1. The lowest BCUT2D eigenvalue weighted by Crippen LogP contribution is -2.38. The molecule has 9 heteroatoms. The lowest BCUT2D eigenvalue weighted by molar-refractivity contribution is 0.0712. The first-order valence-corrected chi connectivity index (χ1v) is 14.3. The number of aryl methyl sites for hydroxylation is 2. The molecule has 210 valence electrons. The zero-order valence-electron chi connectivity index (χ0n) is 23.5. The summed E-state index contributed by atoms with van der Waals surface area (Å²) < 4.78 is 1.81. The lowest BCUT2D eigenvalue weighted by Gasteiger charge is -2.32. The minimum absolute atomic E-state index is 0.0133. The minimum atomic E-state index is -0.303. The Labute approximate surface area is 240 Å². The molecule has 0 bridgehead atoms. The van der Waals surface area contributed by atoms with Crippen LogP contribution in [0.4, 0.5) is 11.6 Å². The third-order valence-electron chi connectivity index (χ3n) is 8.29. The number of nitrogens with zero attached hydrogens (tertiary/aromatic N) is 5. The second-order valence-electron chi connectivity index (χ2n) is 11.1. The van der Waals surface area contributed by atoms with E-state index in [1.165, 1.54) is 24.4 Å². The number of nitrogens with one attached hydrogen (secondary N) is 2. The van der Waals surface area contributed by atoms with Gasteiger partial charge in [-0.1, -0.05) is 30.3 Å². The lowest BCUT2D eigenvalue weighted by atomic mass is 9.88. The maximum Gasteiger partial charge on any atom is 0.258 e. The van der Waals surface area contributed by atoms with Crippen LogP contribution < -0.4 is 10.6 Å². The molecule has 2 amide bonds. The first-order chi connectivity index (χ1) is 19.9. The number of rotatable bonds is 7. The molecule has 0 atom stereocenters. The molecule has 9 nitrogen and oxygen atoms in total. The van der Waals surface area contributed by atoms with Crippen molar-refractivity contribution in [1.82, 2.24) is 24.6 Å². The number of carbonyl (C=O) groups excluding carboxylic acids is 2. The van der Waals surface area contributed by atoms with Crippen molar-refractivity contribution < 1.29 is 9.59 Å². The molecule has 1 aliphatic carbocycles. The number of amides is 2. The average Bonchev–Trinajstić information content (AvgIpc) is 3.42. The number of benzene rings is 2. The molecule has 2 aliphatic rings. The van der Waals surface area contributed by atoms with E-state index in [4.69, 9.17) is 0 Å². The predicted octanol–water partition coefficient (Wildman–Crippen LogP) is 5.42. The highest BCUT2D eigenvalue weighted by Gasteiger charge is 2.25. The fourth-order valence-corrected chi connectivity index (χ4v) is 5.46. The maximum atomic E-state index is 13.4. The smallest absolute Gasteiger partial charge is 0.258 e. The third-order valence-corrected chi connectivity index (χ3v) is 8.29. The average molecular weight is 550 g/mol. The molecule has 2 N–H and O–H groups in total. The molecular weight excluding hydrogens is 514 g/mol. The Morgan fingerprint density at radius 3 is 2.24 bits per heavy atom. The van der Waals surface area contributed by atoms with Crippen LogP contribution in [0.2, 0.25) is 0 Å². The van der Waals surface area contributed by atoms with Gasteiger partial charge in [0.15, 0.2) is 0 Å². The topological polar surface area (TPSA) is 105 Å². The molecule has 1 saturated heterocycles. The van der Waals surface area contributed by atoms with Gasteiger partial charge in [0.2, 0.25) is 5.95 Å². The summed E-state index contributed by atoms with van der Waals surface area (Å²) in [7, 11) is 1.92. The maximum absolute atomic E-state index is 13.4. The summed E-state index contributed by atoms with van der Waals surface area (Å²) in [6.45, 7) is 3.31. The molecule has 1 aliphatic heterocycles. The van der Waals surface area contributed by atoms with Crippen LogP contribution in [-0.4, -0.2) is 55.6 Å². The number of carbonyl (C=O) groups is 2. The Hall–Kier alpha value is -4.53. The highest BCUT2D eigenvalue weighted by atomic mass is 16.2. The van der Waals surface area contributed by atoms with E-state index in [-0.39, 0.29) is 11.8 Å². The second-order valence-corrected chi connectivity index (χ2v) is 11.1. The molecular formula is C32H35N7O2. The highest BCUT2D eigenvalue weighted by molar-refractivity contribution is 6.05. The van der Waals surface area contributed by atoms with Crippen LogP contribution in [0, 0.1) is 6.92 Å². The van der Waals surface area contributed by atoms with E-state index >= 15 is 0 Å². The van der Waals surface area contributed by atoms with Gasteiger partial charge >= 0.3 is 0 Å². The second kappa shape index (κ2) is 11.5. The molecule has 2 fully saturated rings. The van der Waals surface area contributed by atoms with Crippen LogP contribution in [0.3, 0.4) is 0 Å². The van der Waals surface area contributed by atoms with Crippen LogP contribution >= 0.6 is 0 Å². The van der Waals surface area contributed by atoms with E-state index < -0.39 is 0 Å². The van der Waals surface area contributed by atoms with Gasteiger partial charge in [-0.25, -0.2) is 9.97 Å². The largest absolute Gasteiger partial charge is 0.351 e. The minimum Gasteiger partial charge on any atom is -0.351 e. The Morgan fingerprint density at radius 1 is 0.878 bits per heavy atom. The summed E-state index contributed by atoms with van der Waals surface area (Å²) >= 11 is 0. The Balaban J connectivity index is 1.06. The van der Waals surface area contributed by atoms with E-state index in [1.807, 2.05) is 48.1 Å². The van der Waals surface area contributed by atoms with Crippen LogP contribution in [0.25, 0.3) is 11.1 Å². The predicted molar refractivity (Wildman–Crippen MR) is 159 cm³/mol. The SMILES string of the molecule is Cc1ccc(C(=O)N2CCC(c3ccc(-c4cnn(C)c4)cc3)CC2)cc1NC(=O)c1cnc(NC2CCC2)nc1. The first-order valence-electron chi connectivity index (χ1n) is 14.3. The van der Waals surface area contributed by atoms with Crippen molar-refractivity contribution in [1.29, 1.82) is 0 Å². The number of likely N-dealkylation sites (tertiary alicyclic amines) is 1. The summed E-state index contributed by atoms with van der Waals surface area (Å²) in [5.74, 6) is 0.650. The van der Waals surface area contributed by atoms with Gasteiger partial charge in [-0.2, -0.15) is 5.10 Å². The van der Waals surface area contributed by atoms with Crippen molar-refractivity contribution >= 4 is 23.5 Å². The van der Waals surface area contributed by atoms with Gasteiger partial charge in [0, 0.05) is 61.6 Å². The fraction of sp³-hybridized carbons (Fsp3) is 0.344. The van der Waals surface area contributed by atoms with Crippen LogP contribution in [-0.2, 0) is 7.05 Å². The molecule has 1 saturated carbocycles. The van der Waals surface area contributed by atoms with E-state index in [9.17, 15) is 9.59 Å². The third kappa shape index (κ3) is 5.99. The molecule has 0 spiro atoms. The first kappa shape index (κ1) is 26.7. The van der Waals surface area contributed by atoms with Crippen LogP contribution in [0.5, 0.6) is 0 Å². The number of hydrogen-bond acceptors (Lipinski definition) is 6. The van der Waals surface area contributed by atoms with E-state index in [1.54, 1.807) is 6.07 Å². The van der Waals surface area contributed by atoms with Crippen LogP contribution in [0.15, 0.2) is 67.3 Å². The monoisotopic (exact) mass is 549 g/mol. The Bertz CT molecular complexity index is 1530. The number of aromatic nitrogens is 4. The summed E-state index contributed by atoms with van der Waals surface area (Å²) in [6.07, 6.45) is 12.3. The van der Waals surface area contributed by atoms with Gasteiger partial charge in [0.1, 0.15) is 0 Å². The van der Waals surface area contributed by atoms with E-state index in [0.29, 0.717) is 47.8 Å². The summed E-state index contributed by atoms with van der Waals surface area (Å²) in [5, 5.41) is 10.5. The Kier molecular flexibility index (Phi) is 7.50. The van der Waals surface area contributed by atoms with Gasteiger partial charge < -0.3 is 15.5 Å². The normalized spacial score (nSPS) is 15.8. The fourth-order valence-electron chi connectivity index (χ4n) is 5.46. The summed E-state index contributed by atoms with van der Waals surface area (Å²) in [5.41, 5.74) is 6.00. The molecule has 0 unspecified atom stereocenters. The zero-order valence-corrected chi connectivity index (χ0v) is 23.5. The van der Waals surface area contributed by atoms with Crippen molar-refractivity contribution in [2.24, 2.45) is 7.05 Å². The standard InChI is InChI=1S/C32H35N7O2/c1-21-6-7-25(16-29(21)37-30(40)26-17-33-32(34-18-26)36-28-4-3-5-28)31(41)39-14-12-24(13-15-39)22-8-10-23(11-9-22)27-19-35-38(2)20-27/h6-11,16-20,24,28H,3-5,12-15H2,1-2H3,(H,37,40)(H,33,34,36). The zero-order chi connectivity index (χ0) is 28.3. The quantitative estimate of drug-likeness (QED) is 0.319. The van der Waals surface area contributed by atoms with Gasteiger partial charge in [-0.3, -0.25) is 14.3 Å². The molecule has 3 heterocycles. The van der Waals surface area contributed by atoms with Crippen molar-refractivity contribution in [2.75, 3.05) is 23.7 Å². The van der Waals surface area contributed by atoms with Crippen molar-refractivity contribution in [3.8, 4) is 11.1 Å². The number of anilines is 2. The molecule has 2 aromatic heterocycles. The van der Waals surface area contributed by atoms with Gasteiger partial charge in [-0.05, 0) is 73.8 Å². The molecule has 0 radical (unpaired) electrons. The van der Waals surface area contributed by atoms with Crippen molar-refractivity contribution in [3.63, 3.8) is 0 Å². The summed E-state index contributed by atoms with van der Waals surface area (Å²) in [6, 6.07) is 14.6. The highest BCUT2D eigenvalue weighted by Crippen LogP contribution is 2.31. The van der Waals surface area contributed by atoms with E-state index in [0.717, 1.165) is 42.4 Å². The van der Waals surface area contributed by atoms with Gasteiger partial charge in [0.25, 0.3) is 11.8 Å². The summed E-state index contributed by atoms with van der Waals surface area (Å²) in [4.78, 5) is 36.8. The van der Waals surface area contributed by atoms with Crippen molar-refractivity contribution in [3.05, 3.63) is 89.5 Å². The van der Waals surface area contributed by atoms with Crippen molar-refractivity contribution in [2.45, 2.75) is 51.0 Å². The van der Waals surface area contributed by atoms with Gasteiger partial charge in [0.05, 0.1) is 11.8 Å². The van der Waals surface area contributed by atoms with Crippen LogP contribution in [0.1, 0.15) is 69.9 Å². The van der Waals surface area contributed by atoms with Gasteiger partial charge in [-0.15, -0.1) is 0 Å². The number of hydrogen-bond donors (Lipinski definition) is 2. The molecule has 6 rings (SSSR count).